The average molecular weight is 417 g/mol. The van der Waals surface area contributed by atoms with Gasteiger partial charge in [-0.1, -0.05) is 42.8 Å². The second kappa shape index (κ2) is 9.21. The van der Waals surface area contributed by atoms with E-state index in [1.807, 2.05) is 42.5 Å². The highest BCUT2D eigenvalue weighted by atomic mass is 35.5. The maximum absolute atomic E-state index is 13.1. The van der Waals surface area contributed by atoms with E-state index in [-0.39, 0.29) is 0 Å². The van der Waals surface area contributed by atoms with Crippen LogP contribution in [0.2, 0.25) is 5.02 Å². The average Bonchev–Trinajstić information content (AvgIpc) is 2.83. The molecule has 6 heteroatoms. The molecule has 3 rings (SSSR count). The third kappa shape index (κ3) is 4.02. The maximum atomic E-state index is 13.1. The lowest BCUT2D eigenvalue weighted by molar-refractivity contribution is -0.122. The Kier molecular flexibility index (Phi) is 6.91. The van der Waals surface area contributed by atoms with Gasteiger partial charge in [0.2, 0.25) is 0 Å². The van der Waals surface area contributed by atoms with Crippen LogP contribution in [0.25, 0.3) is 0 Å². The second-order valence-corrected chi connectivity index (χ2v) is 8.75. The van der Waals surface area contributed by atoms with Crippen LogP contribution in [0.3, 0.4) is 0 Å². The molecule has 0 radical (unpaired) electrons. The number of hydrogen-bond acceptors (Lipinski definition) is 4. The maximum Gasteiger partial charge on any atom is 0.301 e. The molecule has 148 valence electrons. The quantitative estimate of drug-likeness (QED) is 0.547. The zero-order valence-corrected chi connectivity index (χ0v) is 17.9. The molecule has 1 aliphatic rings. The summed E-state index contributed by atoms with van der Waals surface area (Å²) in [5, 5.41) is 3.50. The molecular formula is C22H25ClN2O2S. The van der Waals surface area contributed by atoms with Crippen molar-refractivity contribution in [1.29, 1.82) is 0 Å². The molecule has 0 aliphatic carbocycles. The summed E-state index contributed by atoms with van der Waals surface area (Å²) in [4.78, 5) is 28.0. The number of amides is 1. The lowest BCUT2D eigenvalue weighted by Gasteiger charge is -2.33. The number of nitroso groups, excluding NO2 is 1. The van der Waals surface area contributed by atoms with Crippen LogP contribution in [0.5, 0.6) is 0 Å². The van der Waals surface area contributed by atoms with Gasteiger partial charge in [-0.25, -0.2) is 0 Å². The number of nitrogens with zero attached hydrogens (tertiary/aromatic N) is 2. The van der Waals surface area contributed by atoms with E-state index in [9.17, 15) is 9.70 Å². The summed E-state index contributed by atoms with van der Waals surface area (Å²) in [5.74, 6) is 0.0942. The summed E-state index contributed by atoms with van der Waals surface area (Å²) in [6.45, 7) is 4.00. The topological polar surface area (TPSA) is 49.7 Å². The van der Waals surface area contributed by atoms with Crippen molar-refractivity contribution in [2.24, 2.45) is 5.18 Å². The van der Waals surface area contributed by atoms with Gasteiger partial charge in [-0.05, 0) is 74.3 Å². The molecule has 1 heterocycles. The molecule has 0 saturated heterocycles. The molecule has 0 N–H and O–H groups in total. The molecule has 1 unspecified atom stereocenters. The summed E-state index contributed by atoms with van der Waals surface area (Å²) in [6.07, 6.45) is 2.38. The van der Waals surface area contributed by atoms with Crippen molar-refractivity contribution >= 4 is 29.3 Å². The summed E-state index contributed by atoms with van der Waals surface area (Å²) in [6, 6.07) is 13.5. The SMILES string of the molecule is CCCN(C)CCCC1(C(=O)N=O)c2cc(Cl)ccc2CSc2ccccc21. The van der Waals surface area contributed by atoms with Gasteiger partial charge in [0.25, 0.3) is 0 Å². The zero-order valence-electron chi connectivity index (χ0n) is 16.3. The van der Waals surface area contributed by atoms with Crippen LogP contribution in [0.1, 0.15) is 42.9 Å². The molecule has 28 heavy (non-hydrogen) atoms. The van der Waals surface area contributed by atoms with Gasteiger partial charge in [-0.3, -0.25) is 4.79 Å². The van der Waals surface area contributed by atoms with Crippen molar-refractivity contribution in [3.05, 3.63) is 69.1 Å². The Morgan fingerprint density at radius 3 is 2.75 bits per heavy atom. The number of benzene rings is 2. The largest absolute Gasteiger partial charge is 0.306 e. The molecule has 1 aliphatic heterocycles. The molecule has 2 aromatic carbocycles. The van der Waals surface area contributed by atoms with Gasteiger partial charge in [0.05, 0.1) is 0 Å². The minimum absolute atomic E-state index is 0.524. The number of hydrogen-bond donors (Lipinski definition) is 0. The molecule has 1 amide bonds. The third-order valence-electron chi connectivity index (χ3n) is 5.41. The predicted octanol–water partition coefficient (Wildman–Crippen LogP) is 5.65. The molecule has 2 aromatic rings. The summed E-state index contributed by atoms with van der Waals surface area (Å²) in [7, 11) is 2.08. The molecule has 0 bridgehead atoms. The Morgan fingerprint density at radius 1 is 1.21 bits per heavy atom. The van der Waals surface area contributed by atoms with E-state index in [1.165, 1.54) is 0 Å². The number of halogens is 1. The number of thioether (sulfide) groups is 1. The van der Waals surface area contributed by atoms with Gasteiger partial charge in [0.1, 0.15) is 5.41 Å². The van der Waals surface area contributed by atoms with E-state index >= 15 is 0 Å². The van der Waals surface area contributed by atoms with Gasteiger partial charge >= 0.3 is 5.91 Å². The van der Waals surface area contributed by atoms with E-state index in [0.717, 1.165) is 53.3 Å². The number of fused-ring (bicyclic) bond motifs is 2. The van der Waals surface area contributed by atoms with Crippen LogP contribution < -0.4 is 0 Å². The van der Waals surface area contributed by atoms with E-state index in [4.69, 9.17) is 11.6 Å². The molecule has 1 atom stereocenters. The fourth-order valence-corrected chi connectivity index (χ4v) is 5.42. The van der Waals surface area contributed by atoms with E-state index in [2.05, 4.69) is 24.0 Å². The first-order chi connectivity index (χ1) is 13.5. The Morgan fingerprint density at radius 2 is 2.00 bits per heavy atom. The molecule has 4 nitrogen and oxygen atoms in total. The lowest BCUT2D eigenvalue weighted by Crippen LogP contribution is -2.38. The second-order valence-electron chi connectivity index (χ2n) is 7.29. The highest BCUT2D eigenvalue weighted by Crippen LogP contribution is 2.48. The van der Waals surface area contributed by atoms with Crippen LogP contribution in [0.15, 0.2) is 52.5 Å². The van der Waals surface area contributed by atoms with Crippen LogP contribution in [0.4, 0.5) is 0 Å². The standard InChI is InChI=1S/C22H25ClN2O2S/c1-3-12-25(2)13-6-11-22(21(26)24-27)18-7-4-5-8-20(18)28-15-16-9-10-17(23)14-19(16)22/h4-5,7-10,14H,3,6,11-13,15H2,1-2H3. The van der Waals surface area contributed by atoms with Crippen molar-refractivity contribution in [2.45, 2.75) is 42.2 Å². The summed E-state index contributed by atoms with van der Waals surface area (Å²) < 4.78 is 0. The lowest BCUT2D eigenvalue weighted by atomic mass is 9.69. The molecule has 0 fully saturated rings. The minimum atomic E-state index is -1.09. The van der Waals surface area contributed by atoms with Gasteiger partial charge in [0, 0.05) is 20.8 Å². The van der Waals surface area contributed by atoms with Crippen molar-refractivity contribution in [3.63, 3.8) is 0 Å². The predicted molar refractivity (Wildman–Crippen MR) is 116 cm³/mol. The first-order valence-electron chi connectivity index (χ1n) is 9.60. The molecule has 0 spiro atoms. The Labute approximate surface area is 175 Å². The van der Waals surface area contributed by atoms with E-state index in [1.54, 1.807) is 11.8 Å². The zero-order chi connectivity index (χ0) is 20.1. The highest BCUT2D eigenvalue weighted by Gasteiger charge is 2.46. The normalized spacial score (nSPS) is 18.3. The van der Waals surface area contributed by atoms with Crippen LogP contribution in [-0.2, 0) is 16.0 Å². The van der Waals surface area contributed by atoms with Crippen LogP contribution >= 0.6 is 23.4 Å². The van der Waals surface area contributed by atoms with E-state index < -0.39 is 11.3 Å². The number of rotatable bonds is 7. The highest BCUT2D eigenvalue weighted by molar-refractivity contribution is 7.98. The van der Waals surface area contributed by atoms with E-state index in [0.29, 0.717) is 11.4 Å². The molecule has 0 saturated carbocycles. The number of carbonyl (C=O) groups excluding carboxylic acids is 1. The van der Waals surface area contributed by atoms with Gasteiger partial charge in [0.15, 0.2) is 0 Å². The van der Waals surface area contributed by atoms with Gasteiger partial charge in [-0.2, -0.15) is 0 Å². The summed E-state index contributed by atoms with van der Waals surface area (Å²) >= 11 is 8.01. The van der Waals surface area contributed by atoms with Crippen molar-refractivity contribution in [3.8, 4) is 0 Å². The van der Waals surface area contributed by atoms with Crippen molar-refractivity contribution in [2.75, 3.05) is 20.1 Å². The Bertz CT molecular complexity index is 873. The number of carbonyl (C=O) groups is 1. The van der Waals surface area contributed by atoms with Gasteiger partial charge < -0.3 is 4.90 Å². The van der Waals surface area contributed by atoms with Crippen molar-refractivity contribution in [1.82, 2.24) is 4.90 Å². The van der Waals surface area contributed by atoms with Gasteiger partial charge in [-0.15, -0.1) is 16.7 Å². The molecule has 0 aromatic heterocycles. The Hall–Kier alpha value is -1.69. The van der Waals surface area contributed by atoms with Crippen LogP contribution in [0, 0.1) is 4.91 Å². The first kappa shape index (κ1) is 21.0. The Balaban J connectivity index is 2.14. The monoisotopic (exact) mass is 416 g/mol. The first-order valence-corrected chi connectivity index (χ1v) is 11.0. The smallest absolute Gasteiger partial charge is 0.301 e. The molecular weight excluding hydrogens is 392 g/mol. The fraction of sp³-hybridized carbons (Fsp3) is 0.409. The fourth-order valence-electron chi connectivity index (χ4n) is 4.11. The van der Waals surface area contributed by atoms with Crippen LogP contribution in [-0.4, -0.2) is 30.9 Å². The minimum Gasteiger partial charge on any atom is -0.306 e. The third-order valence-corrected chi connectivity index (χ3v) is 6.76. The van der Waals surface area contributed by atoms with Crippen molar-refractivity contribution < 1.29 is 4.79 Å². The summed E-state index contributed by atoms with van der Waals surface area (Å²) in [5.41, 5.74) is 1.63.